The number of fused-ring (bicyclic) bond motifs is 1. The third kappa shape index (κ3) is 2.69. The van der Waals surface area contributed by atoms with E-state index in [1.165, 1.54) is 4.90 Å². The van der Waals surface area contributed by atoms with Crippen molar-refractivity contribution in [3.8, 4) is 0 Å². The van der Waals surface area contributed by atoms with Gasteiger partial charge in [0, 0.05) is 15.7 Å². The summed E-state index contributed by atoms with van der Waals surface area (Å²) < 4.78 is 0. The van der Waals surface area contributed by atoms with E-state index >= 15 is 0 Å². The lowest BCUT2D eigenvalue weighted by Gasteiger charge is -2.30. The van der Waals surface area contributed by atoms with E-state index in [1.807, 2.05) is 30.8 Å². The average molecular weight is 311 g/mol. The minimum absolute atomic E-state index is 0.0803. The van der Waals surface area contributed by atoms with Gasteiger partial charge in [-0.25, -0.2) is 0 Å². The Balaban J connectivity index is 1.79. The monoisotopic (exact) mass is 310 g/mol. The van der Waals surface area contributed by atoms with Crippen LogP contribution in [-0.4, -0.2) is 23.7 Å². The van der Waals surface area contributed by atoms with Crippen LogP contribution >= 0.6 is 23.4 Å². The molecular weight excluding hydrogens is 292 g/mol. The maximum atomic E-state index is 12.5. The van der Waals surface area contributed by atoms with Gasteiger partial charge in [-0.1, -0.05) is 11.6 Å². The molecule has 0 aliphatic carbocycles. The molecule has 2 atom stereocenters. The van der Waals surface area contributed by atoms with E-state index in [4.69, 9.17) is 11.6 Å². The van der Waals surface area contributed by atoms with Crippen LogP contribution in [-0.2, 0) is 4.79 Å². The van der Waals surface area contributed by atoms with Crippen LogP contribution in [0.4, 0.5) is 0 Å². The molecule has 2 unspecified atom stereocenters. The minimum atomic E-state index is -0.413. The van der Waals surface area contributed by atoms with E-state index in [-0.39, 0.29) is 11.9 Å². The fourth-order valence-corrected chi connectivity index (χ4v) is 4.21. The maximum absolute atomic E-state index is 12.5. The molecule has 1 amide bonds. The summed E-state index contributed by atoms with van der Waals surface area (Å²) in [6.07, 6.45) is 2.93. The van der Waals surface area contributed by atoms with Gasteiger partial charge in [-0.3, -0.25) is 4.79 Å². The summed E-state index contributed by atoms with van der Waals surface area (Å²) >= 11 is 7.93. The highest BCUT2D eigenvalue weighted by Gasteiger charge is 2.37. The number of nitrogens with one attached hydrogen (secondary N) is 2. The summed E-state index contributed by atoms with van der Waals surface area (Å²) in [7, 11) is 0. The third-order valence-corrected chi connectivity index (χ3v) is 5.54. The first-order valence-electron chi connectivity index (χ1n) is 7.07. The van der Waals surface area contributed by atoms with Crippen LogP contribution in [0.2, 0.25) is 5.02 Å². The number of benzene rings is 1. The van der Waals surface area contributed by atoms with Crippen molar-refractivity contribution in [2.75, 3.05) is 12.3 Å². The number of amides is 1. The van der Waals surface area contributed by atoms with Crippen LogP contribution < -0.4 is 10.6 Å². The smallest absolute Gasteiger partial charge is 0.240 e. The van der Waals surface area contributed by atoms with E-state index in [1.54, 1.807) is 0 Å². The molecule has 0 spiro atoms. The van der Waals surface area contributed by atoms with Crippen molar-refractivity contribution >= 4 is 29.3 Å². The molecule has 0 bridgehead atoms. The van der Waals surface area contributed by atoms with Crippen molar-refractivity contribution < 1.29 is 4.79 Å². The van der Waals surface area contributed by atoms with Gasteiger partial charge in [0.25, 0.3) is 0 Å². The summed E-state index contributed by atoms with van der Waals surface area (Å²) in [6, 6.07) is 6.03. The molecule has 2 heterocycles. The highest BCUT2D eigenvalue weighted by Crippen LogP contribution is 2.38. The summed E-state index contributed by atoms with van der Waals surface area (Å²) in [5.74, 6) is 1.14. The zero-order chi connectivity index (χ0) is 14.2. The molecule has 1 saturated heterocycles. The second-order valence-corrected chi connectivity index (χ2v) is 7.28. The van der Waals surface area contributed by atoms with Crippen LogP contribution in [0.1, 0.15) is 37.8 Å². The molecule has 1 aromatic carbocycles. The van der Waals surface area contributed by atoms with Crippen LogP contribution in [0.5, 0.6) is 0 Å². The van der Waals surface area contributed by atoms with Gasteiger partial charge in [0.15, 0.2) is 0 Å². The number of hydrogen-bond acceptors (Lipinski definition) is 3. The van der Waals surface area contributed by atoms with Gasteiger partial charge in [0.2, 0.25) is 5.91 Å². The third-order valence-electron chi connectivity index (χ3n) is 4.19. The van der Waals surface area contributed by atoms with Gasteiger partial charge in [-0.2, -0.15) is 0 Å². The summed E-state index contributed by atoms with van der Waals surface area (Å²) in [4.78, 5) is 13.7. The lowest BCUT2D eigenvalue weighted by molar-refractivity contribution is -0.127. The second kappa shape index (κ2) is 5.58. The molecule has 1 fully saturated rings. The molecule has 3 nitrogen and oxygen atoms in total. The fraction of sp³-hybridized carbons (Fsp3) is 0.533. The Kier molecular flexibility index (Phi) is 3.98. The van der Waals surface area contributed by atoms with Crippen molar-refractivity contribution in [3.63, 3.8) is 0 Å². The SMILES string of the molecule is CC1(C(=O)NC2CCSc3ccc(Cl)cc32)CCCN1. The number of thioether (sulfide) groups is 1. The first kappa shape index (κ1) is 14.2. The molecule has 108 valence electrons. The topological polar surface area (TPSA) is 41.1 Å². The molecule has 2 aliphatic rings. The van der Waals surface area contributed by atoms with E-state index in [9.17, 15) is 4.79 Å². The first-order valence-corrected chi connectivity index (χ1v) is 8.43. The van der Waals surface area contributed by atoms with Gasteiger partial charge in [0.1, 0.15) is 0 Å². The predicted octanol–water partition coefficient (Wildman–Crippen LogP) is 3.14. The molecular formula is C15H19ClN2OS. The highest BCUT2D eigenvalue weighted by molar-refractivity contribution is 7.99. The molecule has 2 aliphatic heterocycles. The van der Waals surface area contributed by atoms with Gasteiger partial charge in [-0.05, 0) is 56.5 Å². The normalized spacial score (nSPS) is 29.0. The first-order chi connectivity index (χ1) is 9.58. The minimum Gasteiger partial charge on any atom is -0.348 e. The van der Waals surface area contributed by atoms with Gasteiger partial charge < -0.3 is 10.6 Å². The number of hydrogen-bond donors (Lipinski definition) is 2. The van der Waals surface area contributed by atoms with Crippen LogP contribution in [0, 0.1) is 0 Å². The molecule has 0 aromatic heterocycles. The highest BCUT2D eigenvalue weighted by atomic mass is 35.5. The van der Waals surface area contributed by atoms with Gasteiger partial charge >= 0.3 is 0 Å². The van der Waals surface area contributed by atoms with E-state index < -0.39 is 5.54 Å². The van der Waals surface area contributed by atoms with Crippen molar-refractivity contribution in [1.82, 2.24) is 10.6 Å². The quantitative estimate of drug-likeness (QED) is 0.882. The molecule has 20 heavy (non-hydrogen) atoms. The Morgan fingerprint density at radius 2 is 2.40 bits per heavy atom. The van der Waals surface area contributed by atoms with Crippen molar-refractivity contribution in [1.29, 1.82) is 0 Å². The Hall–Kier alpha value is -0.710. The van der Waals surface area contributed by atoms with Gasteiger partial charge in [0.05, 0.1) is 11.6 Å². The van der Waals surface area contributed by atoms with E-state index in [2.05, 4.69) is 16.7 Å². The predicted molar refractivity (Wildman–Crippen MR) is 83.3 cm³/mol. The molecule has 1 aromatic rings. The Bertz CT molecular complexity index is 529. The largest absolute Gasteiger partial charge is 0.348 e. The second-order valence-electron chi connectivity index (χ2n) is 5.71. The maximum Gasteiger partial charge on any atom is 0.240 e. The summed E-state index contributed by atoms with van der Waals surface area (Å²) in [5, 5.41) is 7.26. The van der Waals surface area contributed by atoms with Crippen LogP contribution in [0.25, 0.3) is 0 Å². The Labute approximate surface area is 128 Å². The number of carbonyl (C=O) groups is 1. The summed E-state index contributed by atoms with van der Waals surface area (Å²) in [5.41, 5.74) is 0.743. The zero-order valence-electron chi connectivity index (χ0n) is 11.5. The number of carbonyl (C=O) groups excluding carboxylic acids is 1. The van der Waals surface area contributed by atoms with Gasteiger partial charge in [-0.15, -0.1) is 11.8 Å². The lowest BCUT2D eigenvalue weighted by Crippen LogP contribution is -2.52. The van der Waals surface area contributed by atoms with Crippen molar-refractivity contribution in [2.24, 2.45) is 0 Å². The summed E-state index contributed by atoms with van der Waals surface area (Å²) in [6.45, 7) is 2.92. The lowest BCUT2D eigenvalue weighted by atomic mass is 9.97. The average Bonchev–Trinajstić information content (AvgIpc) is 2.88. The van der Waals surface area contributed by atoms with Crippen LogP contribution in [0.15, 0.2) is 23.1 Å². The molecule has 0 saturated carbocycles. The zero-order valence-corrected chi connectivity index (χ0v) is 13.1. The van der Waals surface area contributed by atoms with Crippen molar-refractivity contribution in [3.05, 3.63) is 28.8 Å². The fourth-order valence-electron chi connectivity index (χ4n) is 2.92. The number of halogens is 1. The number of rotatable bonds is 2. The molecule has 5 heteroatoms. The standard InChI is InChI=1S/C15H19ClN2OS/c1-15(6-2-7-17-15)14(19)18-12-5-8-20-13-4-3-10(16)9-11(12)13/h3-4,9,12,17H,2,5-8H2,1H3,(H,18,19). The molecule has 3 rings (SSSR count). The Morgan fingerprint density at radius 1 is 1.55 bits per heavy atom. The van der Waals surface area contributed by atoms with Crippen LogP contribution in [0.3, 0.4) is 0 Å². The molecule has 2 N–H and O–H groups in total. The Morgan fingerprint density at radius 3 is 3.15 bits per heavy atom. The van der Waals surface area contributed by atoms with E-state index in [0.29, 0.717) is 0 Å². The van der Waals surface area contributed by atoms with E-state index in [0.717, 1.165) is 42.1 Å². The molecule has 0 radical (unpaired) electrons. The van der Waals surface area contributed by atoms with Crippen molar-refractivity contribution in [2.45, 2.75) is 42.7 Å².